The molecule has 0 aliphatic carbocycles. The van der Waals surface area contributed by atoms with Gasteiger partial charge in [0.25, 0.3) is 5.91 Å². The molecule has 0 bridgehead atoms. The van der Waals surface area contributed by atoms with E-state index in [1.165, 1.54) is 18.2 Å². The molecule has 0 aliphatic rings. The van der Waals surface area contributed by atoms with E-state index in [9.17, 15) is 4.79 Å². The van der Waals surface area contributed by atoms with Gasteiger partial charge in [-0.15, -0.1) is 0 Å². The van der Waals surface area contributed by atoms with Gasteiger partial charge in [-0.1, -0.05) is 49.8 Å². The lowest BCUT2D eigenvalue weighted by Gasteiger charge is -2.16. The van der Waals surface area contributed by atoms with Crippen molar-refractivity contribution >= 4 is 5.91 Å². The molecule has 0 unspecified atom stereocenters. The Labute approximate surface area is 138 Å². The Kier molecular flexibility index (Phi) is 9.95. The van der Waals surface area contributed by atoms with Crippen molar-refractivity contribution in [3.63, 3.8) is 0 Å². The third-order valence-corrected chi connectivity index (χ3v) is 3.35. The zero-order chi connectivity index (χ0) is 16.9. The maximum absolute atomic E-state index is 11.6. The summed E-state index contributed by atoms with van der Waals surface area (Å²) in [6.45, 7) is 2.89. The largest absolute Gasteiger partial charge is 0.352 e. The van der Waals surface area contributed by atoms with Crippen molar-refractivity contribution in [2.45, 2.75) is 38.9 Å². The van der Waals surface area contributed by atoms with Gasteiger partial charge in [-0.2, -0.15) is 0 Å². The van der Waals surface area contributed by atoms with Crippen LogP contribution < -0.4 is 0 Å². The van der Waals surface area contributed by atoms with Gasteiger partial charge in [0.15, 0.2) is 0 Å². The number of likely N-dealkylation sites (N-methyl/N-ethyl adjacent to an activating group) is 1. The maximum atomic E-state index is 11.6. The summed E-state index contributed by atoms with van der Waals surface area (Å²) in [5.41, 5.74) is 1.12. The Balaban J connectivity index is 2.28. The average molecular weight is 321 g/mol. The summed E-state index contributed by atoms with van der Waals surface area (Å²) in [6, 6.07) is 9.98. The summed E-state index contributed by atoms with van der Waals surface area (Å²) < 4.78 is 11.3. The van der Waals surface area contributed by atoms with E-state index >= 15 is 0 Å². The number of amides is 1. The van der Waals surface area contributed by atoms with E-state index in [1.807, 2.05) is 36.4 Å². The van der Waals surface area contributed by atoms with Gasteiger partial charge in [-0.25, -0.2) is 5.06 Å². The summed E-state index contributed by atoms with van der Waals surface area (Å²) in [7, 11) is 3.03. The summed E-state index contributed by atoms with van der Waals surface area (Å²) in [6.07, 6.45) is 5.98. The summed E-state index contributed by atoms with van der Waals surface area (Å²) in [5.74, 6) is -0.192. The zero-order valence-electron chi connectivity index (χ0n) is 14.2. The van der Waals surface area contributed by atoms with Gasteiger partial charge in [-0.05, 0) is 18.4 Å². The SMILES string of the molecule is CCC[C@H](C/C=C/C(=O)N(C)OC)OCOCc1ccccc1. The van der Waals surface area contributed by atoms with Crippen LogP contribution in [0.1, 0.15) is 31.7 Å². The normalized spacial score (nSPS) is 12.5. The van der Waals surface area contributed by atoms with Gasteiger partial charge in [0.1, 0.15) is 6.79 Å². The highest BCUT2D eigenvalue weighted by Gasteiger charge is 2.08. The Hall–Kier alpha value is -1.69. The topological polar surface area (TPSA) is 48.0 Å². The van der Waals surface area contributed by atoms with E-state index in [0.29, 0.717) is 13.0 Å². The molecule has 0 spiro atoms. The quantitative estimate of drug-likeness (QED) is 0.271. The van der Waals surface area contributed by atoms with Gasteiger partial charge in [0, 0.05) is 13.1 Å². The van der Waals surface area contributed by atoms with E-state index in [1.54, 1.807) is 7.05 Å². The van der Waals surface area contributed by atoms with E-state index in [2.05, 4.69) is 6.92 Å². The van der Waals surface area contributed by atoms with Crippen molar-refractivity contribution in [1.82, 2.24) is 5.06 Å². The molecule has 1 atom stereocenters. The highest BCUT2D eigenvalue weighted by atomic mass is 16.7. The van der Waals surface area contributed by atoms with Crippen molar-refractivity contribution in [2.24, 2.45) is 0 Å². The minimum atomic E-state index is -0.192. The molecule has 0 fully saturated rings. The molecule has 1 aromatic rings. The van der Waals surface area contributed by atoms with Crippen LogP contribution in [-0.2, 0) is 25.7 Å². The summed E-state index contributed by atoms with van der Waals surface area (Å²) in [4.78, 5) is 16.4. The van der Waals surface area contributed by atoms with Crippen LogP contribution in [-0.4, -0.2) is 38.0 Å². The molecule has 1 rings (SSSR count). The molecule has 0 aliphatic heterocycles. The smallest absolute Gasteiger partial charge is 0.269 e. The van der Waals surface area contributed by atoms with Crippen LogP contribution in [0.3, 0.4) is 0 Å². The van der Waals surface area contributed by atoms with Gasteiger partial charge in [0.2, 0.25) is 0 Å². The number of ether oxygens (including phenoxy) is 2. The van der Waals surface area contributed by atoms with Crippen LogP contribution in [0.5, 0.6) is 0 Å². The van der Waals surface area contributed by atoms with Crippen molar-refractivity contribution in [3.05, 3.63) is 48.0 Å². The number of hydrogen-bond acceptors (Lipinski definition) is 4. The van der Waals surface area contributed by atoms with Gasteiger partial charge >= 0.3 is 0 Å². The van der Waals surface area contributed by atoms with Crippen LogP contribution in [0.2, 0.25) is 0 Å². The van der Waals surface area contributed by atoms with E-state index in [-0.39, 0.29) is 18.8 Å². The van der Waals surface area contributed by atoms with Gasteiger partial charge in [0.05, 0.1) is 19.8 Å². The molecule has 0 saturated heterocycles. The second-order valence-corrected chi connectivity index (χ2v) is 5.19. The highest BCUT2D eigenvalue weighted by Crippen LogP contribution is 2.09. The minimum Gasteiger partial charge on any atom is -0.352 e. The third-order valence-electron chi connectivity index (χ3n) is 3.35. The van der Waals surface area contributed by atoms with Crippen LogP contribution in [0.15, 0.2) is 42.5 Å². The number of carbonyl (C=O) groups excluding carboxylic acids is 1. The molecule has 0 N–H and O–H groups in total. The molecule has 0 heterocycles. The third kappa shape index (κ3) is 8.50. The molecule has 1 amide bonds. The van der Waals surface area contributed by atoms with Crippen molar-refractivity contribution < 1.29 is 19.1 Å². The van der Waals surface area contributed by atoms with Gasteiger partial charge < -0.3 is 9.47 Å². The first-order chi connectivity index (χ1) is 11.2. The van der Waals surface area contributed by atoms with Gasteiger partial charge in [-0.3, -0.25) is 9.63 Å². The Morgan fingerprint density at radius 1 is 1.30 bits per heavy atom. The number of hydrogen-bond donors (Lipinski definition) is 0. The Morgan fingerprint density at radius 3 is 2.70 bits per heavy atom. The first kappa shape index (κ1) is 19.4. The molecule has 23 heavy (non-hydrogen) atoms. The Bertz CT molecular complexity index is 461. The van der Waals surface area contributed by atoms with E-state index < -0.39 is 0 Å². The fourth-order valence-electron chi connectivity index (χ4n) is 1.98. The fourth-order valence-corrected chi connectivity index (χ4v) is 1.98. The monoisotopic (exact) mass is 321 g/mol. The Morgan fingerprint density at radius 2 is 2.04 bits per heavy atom. The molecule has 1 aromatic carbocycles. The molecule has 0 aromatic heterocycles. The lowest BCUT2D eigenvalue weighted by Crippen LogP contribution is -2.23. The molecule has 5 heteroatoms. The molecule has 128 valence electrons. The number of hydroxylamine groups is 2. The standard InChI is InChI=1S/C18H27NO4/c1-4-9-17(12-8-13-18(20)19(2)21-3)23-15-22-14-16-10-6-5-7-11-16/h5-8,10-11,13,17H,4,9,12,14-15H2,1-3H3/b13-8+/t17-/m1/s1. The van der Waals surface area contributed by atoms with E-state index in [4.69, 9.17) is 14.3 Å². The van der Waals surface area contributed by atoms with Crippen molar-refractivity contribution in [2.75, 3.05) is 21.0 Å². The maximum Gasteiger partial charge on any atom is 0.269 e. The molecule has 0 radical (unpaired) electrons. The predicted molar refractivity (Wildman–Crippen MR) is 89.4 cm³/mol. The number of nitrogens with zero attached hydrogens (tertiary/aromatic N) is 1. The number of carbonyl (C=O) groups is 1. The van der Waals surface area contributed by atoms with Crippen molar-refractivity contribution in [1.29, 1.82) is 0 Å². The first-order valence-corrected chi connectivity index (χ1v) is 7.89. The molecule has 0 saturated carbocycles. The lowest BCUT2D eigenvalue weighted by atomic mass is 10.1. The molecular formula is C18H27NO4. The second kappa shape index (κ2) is 11.8. The molecular weight excluding hydrogens is 294 g/mol. The first-order valence-electron chi connectivity index (χ1n) is 7.89. The fraction of sp³-hybridized carbons (Fsp3) is 0.500. The lowest BCUT2D eigenvalue weighted by molar-refractivity contribution is -0.162. The summed E-state index contributed by atoms with van der Waals surface area (Å²) in [5, 5.41) is 1.18. The predicted octanol–water partition coefficient (Wildman–Crippen LogP) is 3.31. The van der Waals surface area contributed by atoms with Crippen LogP contribution >= 0.6 is 0 Å². The number of rotatable bonds is 11. The van der Waals surface area contributed by atoms with Crippen molar-refractivity contribution in [3.8, 4) is 0 Å². The van der Waals surface area contributed by atoms with Crippen LogP contribution in [0.4, 0.5) is 0 Å². The zero-order valence-corrected chi connectivity index (χ0v) is 14.2. The minimum absolute atomic E-state index is 0.0488. The van der Waals surface area contributed by atoms with Crippen LogP contribution in [0, 0.1) is 0 Å². The van der Waals surface area contributed by atoms with Crippen LogP contribution in [0.25, 0.3) is 0 Å². The van der Waals surface area contributed by atoms with E-state index in [0.717, 1.165) is 18.4 Å². The second-order valence-electron chi connectivity index (χ2n) is 5.19. The number of benzene rings is 1. The summed E-state index contributed by atoms with van der Waals surface area (Å²) >= 11 is 0. The average Bonchev–Trinajstić information content (AvgIpc) is 2.58. The highest BCUT2D eigenvalue weighted by molar-refractivity contribution is 5.86. The molecule has 5 nitrogen and oxygen atoms in total.